The fourth-order valence-electron chi connectivity index (χ4n) is 1.39. The Bertz CT molecular complexity index is 353. The van der Waals surface area contributed by atoms with E-state index in [-0.39, 0.29) is 5.69 Å². The zero-order valence-electron chi connectivity index (χ0n) is 9.03. The van der Waals surface area contributed by atoms with Gasteiger partial charge in [0.15, 0.2) is 5.69 Å². The minimum atomic E-state index is -0.951. The van der Waals surface area contributed by atoms with Crippen LogP contribution in [0.3, 0.4) is 0 Å². The van der Waals surface area contributed by atoms with E-state index in [9.17, 15) is 4.79 Å². The molecule has 0 unspecified atom stereocenters. The van der Waals surface area contributed by atoms with E-state index < -0.39 is 5.97 Å². The Hall–Kier alpha value is -1.32. The van der Waals surface area contributed by atoms with Crippen molar-refractivity contribution in [3.05, 3.63) is 17.2 Å². The summed E-state index contributed by atoms with van der Waals surface area (Å²) in [4.78, 5) is 14.9. The lowest BCUT2D eigenvalue weighted by molar-refractivity contribution is 0.0690. The molecule has 1 aromatic rings. The molecule has 1 heterocycles. The van der Waals surface area contributed by atoms with Crippen molar-refractivity contribution in [2.45, 2.75) is 27.2 Å². The lowest BCUT2D eigenvalue weighted by Gasteiger charge is -2.04. The Balaban J connectivity index is 3.08. The molecule has 0 aliphatic carbocycles. The summed E-state index contributed by atoms with van der Waals surface area (Å²) in [7, 11) is 1.85. The van der Waals surface area contributed by atoms with Gasteiger partial charge in [0.1, 0.15) is 5.82 Å². The number of hydrogen-bond acceptors (Lipinski definition) is 2. The summed E-state index contributed by atoms with van der Waals surface area (Å²) >= 11 is 0. The van der Waals surface area contributed by atoms with Crippen molar-refractivity contribution < 1.29 is 9.90 Å². The summed E-state index contributed by atoms with van der Waals surface area (Å²) in [5.74, 6) is 0.375. The Labute approximate surface area is 83.6 Å². The van der Waals surface area contributed by atoms with Gasteiger partial charge in [-0.25, -0.2) is 9.78 Å². The molecule has 0 aliphatic rings. The van der Waals surface area contributed by atoms with Crippen LogP contribution in [0, 0.1) is 12.8 Å². The second-order valence-corrected chi connectivity index (χ2v) is 3.92. The SMILES string of the molecule is Cc1c(C(=O)O)nc(CC(C)C)n1C. The van der Waals surface area contributed by atoms with Gasteiger partial charge < -0.3 is 9.67 Å². The molecule has 4 heteroatoms. The number of nitrogens with zero attached hydrogens (tertiary/aromatic N) is 2. The largest absolute Gasteiger partial charge is 0.476 e. The Morgan fingerprint density at radius 3 is 2.50 bits per heavy atom. The summed E-state index contributed by atoms with van der Waals surface area (Å²) in [6.45, 7) is 5.95. The molecular formula is C10H16N2O2. The van der Waals surface area contributed by atoms with Gasteiger partial charge >= 0.3 is 5.97 Å². The standard InChI is InChI=1S/C10H16N2O2/c1-6(2)5-8-11-9(10(13)14)7(3)12(8)4/h6H,5H2,1-4H3,(H,13,14). The monoisotopic (exact) mass is 196 g/mol. The average molecular weight is 196 g/mol. The van der Waals surface area contributed by atoms with E-state index in [4.69, 9.17) is 5.11 Å². The minimum Gasteiger partial charge on any atom is -0.476 e. The molecule has 0 saturated carbocycles. The van der Waals surface area contributed by atoms with Gasteiger partial charge in [0, 0.05) is 19.2 Å². The van der Waals surface area contributed by atoms with Gasteiger partial charge in [-0.15, -0.1) is 0 Å². The number of rotatable bonds is 3. The van der Waals surface area contributed by atoms with Gasteiger partial charge in [-0.1, -0.05) is 13.8 Å². The Morgan fingerprint density at radius 2 is 2.14 bits per heavy atom. The van der Waals surface area contributed by atoms with Crippen LogP contribution >= 0.6 is 0 Å². The van der Waals surface area contributed by atoms with Gasteiger partial charge in [0.05, 0.1) is 0 Å². The molecule has 1 rings (SSSR count). The van der Waals surface area contributed by atoms with E-state index in [0.717, 1.165) is 12.2 Å². The van der Waals surface area contributed by atoms with Crippen LogP contribution in [0.2, 0.25) is 0 Å². The van der Waals surface area contributed by atoms with Crippen LogP contribution in [-0.2, 0) is 13.5 Å². The first kappa shape index (κ1) is 10.8. The van der Waals surface area contributed by atoms with Crippen molar-refractivity contribution in [2.24, 2.45) is 13.0 Å². The molecule has 4 nitrogen and oxygen atoms in total. The normalized spacial score (nSPS) is 10.9. The van der Waals surface area contributed by atoms with Crippen LogP contribution in [0.5, 0.6) is 0 Å². The maximum absolute atomic E-state index is 10.8. The van der Waals surface area contributed by atoms with Gasteiger partial charge in [-0.2, -0.15) is 0 Å². The van der Waals surface area contributed by atoms with Crippen molar-refractivity contribution in [3.8, 4) is 0 Å². The molecule has 1 N–H and O–H groups in total. The van der Waals surface area contributed by atoms with Crippen molar-refractivity contribution in [3.63, 3.8) is 0 Å². The first-order valence-electron chi connectivity index (χ1n) is 4.69. The molecule has 0 radical (unpaired) electrons. The predicted octanol–water partition coefficient (Wildman–Crippen LogP) is 1.63. The number of carboxylic acids is 1. The third kappa shape index (κ3) is 1.95. The van der Waals surface area contributed by atoms with Gasteiger partial charge in [0.2, 0.25) is 0 Å². The van der Waals surface area contributed by atoms with Crippen molar-refractivity contribution >= 4 is 5.97 Å². The van der Waals surface area contributed by atoms with E-state index in [1.807, 2.05) is 11.6 Å². The van der Waals surface area contributed by atoms with Crippen molar-refractivity contribution in [2.75, 3.05) is 0 Å². The summed E-state index contributed by atoms with van der Waals surface area (Å²) in [5.41, 5.74) is 0.885. The quantitative estimate of drug-likeness (QED) is 0.799. The van der Waals surface area contributed by atoms with E-state index >= 15 is 0 Å². The number of carboxylic acid groups (broad SMARTS) is 1. The van der Waals surface area contributed by atoms with Crippen LogP contribution in [0.25, 0.3) is 0 Å². The topological polar surface area (TPSA) is 55.1 Å². The molecule has 0 bridgehead atoms. The maximum atomic E-state index is 10.8. The van der Waals surface area contributed by atoms with Gasteiger partial charge in [0.25, 0.3) is 0 Å². The lowest BCUT2D eigenvalue weighted by Crippen LogP contribution is -2.03. The molecule has 1 aromatic heterocycles. The van der Waals surface area contributed by atoms with Crippen LogP contribution < -0.4 is 0 Å². The highest BCUT2D eigenvalue weighted by molar-refractivity contribution is 5.86. The number of carbonyl (C=O) groups is 1. The molecule has 0 amide bonds. The number of imidazole rings is 1. The van der Waals surface area contributed by atoms with Crippen molar-refractivity contribution in [1.29, 1.82) is 0 Å². The second kappa shape index (κ2) is 3.82. The van der Waals surface area contributed by atoms with Crippen LogP contribution in [0.1, 0.15) is 35.9 Å². The molecular weight excluding hydrogens is 180 g/mol. The molecule has 0 saturated heterocycles. The number of aromatic carboxylic acids is 1. The first-order valence-corrected chi connectivity index (χ1v) is 4.69. The van der Waals surface area contributed by atoms with Crippen LogP contribution in [0.15, 0.2) is 0 Å². The lowest BCUT2D eigenvalue weighted by atomic mass is 10.1. The Morgan fingerprint density at radius 1 is 1.57 bits per heavy atom. The minimum absolute atomic E-state index is 0.170. The fourth-order valence-corrected chi connectivity index (χ4v) is 1.39. The van der Waals surface area contributed by atoms with Gasteiger partial charge in [-0.05, 0) is 12.8 Å². The highest BCUT2D eigenvalue weighted by Crippen LogP contribution is 2.12. The molecule has 0 atom stereocenters. The predicted molar refractivity (Wildman–Crippen MR) is 53.4 cm³/mol. The molecule has 0 spiro atoms. The summed E-state index contributed by atoms with van der Waals surface area (Å²) < 4.78 is 1.85. The molecule has 0 fully saturated rings. The van der Waals surface area contributed by atoms with Gasteiger partial charge in [-0.3, -0.25) is 0 Å². The van der Waals surface area contributed by atoms with E-state index in [1.165, 1.54) is 0 Å². The third-order valence-electron chi connectivity index (χ3n) is 2.27. The fraction of sp³-hybridized carbons (Fsp3) is 0.600. The molecule has 0 aromatic carbocycles. The van der Waals surface area contributed by atoms with E-state index in [0.29, 0.717) is 11.6 Å². The number of hydrogen-bond donors (Lipinski definition) is 1. The van der Waals surface area contributed by atoms with Crippen molar-refractivity contribution in [1.82, 2.24) is 9.55 Å². The van der Waals surface area contributed by atoms with E-state index in [2.05, 4.69) is 18.8 Å². The smallest absolute Gasteiger partial charge is 0.356 e. The van der Waals surface area contributed by atoms with Crippen LogP contribution in [-0.4, -0.2) is 20.6 Å². The highest BCUT2D eigenvalue weighted by atomic mass is 16.4. The van der Waals surface area contributed by atoms with E-state index in [1.54, 1.807) is 6.92 Å². The molecule has 78 valence electrons. The maximum Gasteiger partial charge on any atom is 0.356 e. The molecule has 0 aliphatic heterocycles. The second-order valence-electron chi connectivity index (χ2n) is 3.92. The third-order valence-corrected chi connectivity index (χ3v) is 2.27. The zero-order chi connectivity index (χ0) is 10.9. The number of aromatic nitrogens is 2. The highest BCUT2D eigenvalue weighted by Gasteiger charge is 2.16. The zero-order valence-corrected chi connectivity index (χ0v) is 9.03. The average Bonchev–Trinajstić information content (AvgIpc) is 2.32. The molecule has 14 heavy (non-hydrogen) atoms. The van der Waals surface area contributed by atoms with Crippen LogP contribution in [0.4, 0.5) is 0 Å². The first-order chi connectivity index (χ1) is 6.43. The Kier molecular flexibility index (Phi) is 2.93. The summed E-state index contributed by atoms with van der Waals surface area (Å²) in [6, 6.07) is 0. The summed E-state index contributed by atoms with van der Waals surface area (Å²) in [6.07, 6.45) is 0.810. The summed E-state index contributed by atoms with van der Waals surface area (Å²) in [5, 5.41) is 8.86.